The van der Waals surface area contributed by atoms with Crippen molar-refractivity contribution in [1.29, 1.82) is 0 Å². The molecule has 0 aromatic carbocycles. The monoisotopic (exact) mass is 256 g/mol. The lowest BCUT2D eigenvalue weighted by atomic mass is 10.4. The Morgan fingerprint density at radius 3 is 2.11 bits per heavy atom. The zero-order chi connectivity index (χ0) is 13.2. The third-order valence-electron chi connectivity index (χ3n) is 2.03. The smallest absolute Gasteiger partial charge is 0.316 e. The van der Waals surface area contributed by atoms with Gasteiger partial charge in [-0.2, -0.15) is 0 Å². The normalized spacial score (nSPS) is 10.6. The van der Waals surface area contributed by atoms with Gasteiger partial charge in [0.2, 0.25) is 0 Å². The molecule has 0 amide bonds. The molecular formula is C12H20N2O4. The molecule has 0 spiro atoms. The molecule has 1 N–H and O–H groups in total. The number of ether oxygens (including phenoxy) is 3. The predicted octanol–water partition coefficient (Wildman–Crippen LogP) is 0.498. The number of aromatic nitrogens is 2. The van der Waals surface area contributed by atoms with Crippen LogP contribution in [0, 0.1) is 13.8 Å². The maximum absolute atomic E-state index is 8.48. The van der Waals surface area contributed by atoms with E-state index in [4.69, 9.17) is 19.3 Å². The Labute approximate surface area is 107 Å². The molecule has 0 aliphatic heterocycles. The van der Waals surface area contributed by atoms with Gasteiger partial charge >= 0.3 is 6.01 Å². The molecule has 102 valence electrons. The largest absolute Gasteiger partial charge is 0.461 e. The maximum Gasteiger partial charge on any atom is 0.316 e. The first-order valence-corrected chi connectivity index (χ1v) is 5.94. The maximum atomic E-state index is 8.48. The van der Waals surface area contributed by atoms with Crippen LogP contribution in [0.5, 0.6) is 6.01 Å². The van der Waals surface area contributed by atoms with Crippen molar-refractivity contribution in [3.05, 3.63) is 17.5 Å². The summed E-state index contributed by atoms with van der Waals surface area (Å²) in [6.45, 7) is 6.00. The van der Waals surface area contributed by atoms with Gasteiger partial charge in [0.05, 0.1) is 33.0 Å². The Hall–Kier alpha value is -1.24. The van der Waals surface area contributed by atoms with E-state index in [1.807, 2.05) is 19.9 Å². The van der Waals surface area contributed by atoms with Gasteiger partial charge in [-0.25, -0.2) is 9.97 Å². The summed E-state index contributed by atoms with van der Waals surface area (Å²) in [4.78, 5) is 8.30. The number of hydrogen-bond acceptors (Lipinski definition) is 6. The molecule has 0 saturated heterocycles. The van der Waals surface area contributed by atoms with Gasteiger partial charge in [-0.05, 0) is 19.9 Å². The van der Waals surface area contributed by atoms with Gasteiger partial charge in [0, 0.05) is 11.4 Å². The Morgan fingerprint density at radius 2 is 1.50 bits per heavy atom. The van der Waals surface area contributed by atoms with Gasteiger partial charge in [0.15, 0.2) is 0 Å². The SMILES string of the molecule is Cc1cc(C)nc(OCCOCCOCCO)n1. The van der Waals surface area contributed by atoms with Crippen molar-refractivity contribution in [2.24, 2.45) is 0 Å². The summed E-state index contributed by atoms with van der Waals surface area (Å²) < 4.78 is 15.7. The summed E-state index contributed by atoms with van der Waals surface area (Å²) in [5.41, 5.74) is 1.77. The van der Waals surface area contributed by atoms with Crippen LogP contribution < -0.4 is 4.74 Å². The Balaban J connectivity index is 2.07. The fourth-order valence-electron chi connectivity index (χ4n) is 1.34. The molecule has 1 aromatic rings. The Bertz CT molecular complexity index is 327. The van der Waals surface area contributed by atoms with Crippen molar-refractivity contribution in [1.82, 2.24) is 9.97 Å². The van der Waals surface area contributed by atoms with Crippen LogP contribution >= 0.6 is 0 Å². The first kappa shape index (κ1) is 14.8. The summed E-state index contributed by atoms with van der Waals surface area (Å²) in [6.07, 6.45) is 0. The second-order valence-corrected chi connectivity index (χ2v) is 3.73. The zero-order valence-electron chi connectivity index (χ0n) is 10.9. The van der Waals surface area contributed by atoms with Crippen molar-refractivity contribution in [2.75, 3.05) is 39.6 Å². The minimum atomic E-state index is 0.0349. The third kappa shape index (κ3) is 6.48. The Kier molecular flexibility index (Phi) is 7.24. The van der Waals surface area contributed by atoms with Crippen molar-refractivity contribution in [3.63, 3.8) is 0 Å². The minimum Gasteiger partial charge on any atom is -0.461 e. The fourth-order valence-corrected chi connectivity index (χ4v) is 1.34. The number of aliphatic hydroxyl groups excluding tert-OH is 1. The van der Waals surface area contributed by atoms with Crippen LogP contribution in [0.15, 0.2) is 6.07 Å². The highest BCUT2D eigenvalue weighted by atomic mass is 16.5. The molecule has 0 bridgehead atoms. The van der Waals surface area contributed by atoms with Crippen LogP contribution in [0.2, 0.25) is 0 Å². The average Bonchev–Trinajstić information content (AvgIpc) is 2.31. The van der Waals surface area contributed by atoms with Crippen molar-refractivity contribution >= 4 is 0 Å². The predicted molar refractivity (Wildman–Crippen MR) is 65.7 cm³/mol. The molecule has 18 heavy (non-hydrogen) atoms. The molecule has 0 aliphatic carbocycles. The first-order valence-electron chi connectivity index (χ1n) is 5.94. The molecule has 6 heteroatoms. The van der Waals surface area contributed by atoms with Gasteiger partial charge in [0.1, 0.15) is 6.61 Å². The van der Waals surface area contributed by atoms with Crippen LogP contribution in [0.1, 0.15) is 11.4 Å². The lowest BCUT2D eigenvalue weighted by Crippen LogP contribution is -2.13. The van der Waals surface area contributed by atoms with E-state index in [0.717, 1.165) is 11.4 Å². The molecule has 1 aromatic heterocycles. The fraction of sp³-hybridized carbons (Fsp3) is 0.667. The summed E-state index contributed by atoms with van der Waals surface area (Å²) in [6, 6.07) is 2.27. The molecule has 0 unspecified atom stereocenters. The molecule has 6 nitrogen and oxygen atoms in total. The first-order chi connectivity index (χ1) is 8.72. The number of aliphatic hydroxyl groups is 1. The van der Waals surface area contributed by atoms with Gasteiger partial charge in [-0.3, -0.25) is 0 Å². The summed E-state index contributed by atoms with van der Waals surface area (Å²) in [5, 5.41) is 8.48. The van der Waals surface area contributed by atoms with Crippen molar-refractivity contribution < 1.29 is 19.3 Å². The highest BCUT2D eigenvalue weighted by molar-refractivity contribution is 5.10. The van der Waals surface area contributed by atoms with E-state index in [-0.39, 0.29) is 6.61 Å². The van der Waals surface area contributed by atoms with E-state index < -0.39 is 0 Å². The van der Waals surface area contributed by atoms with Crippen molar-refractivity contribution in [3.8, 4) is 6.01 Å². The lowest BCUT2D eigenvalue weighted by molar-refractivity contribution is 0.0238. The number of rotatable bonds is 9. The van der Waals surface area contributed by atoms with Crippen LogP contribution in [0.4, 0.5) is 0 Å². The highest BCUT2D eigenvalue weighted by Crippen LogP contribution is 2.05. The van der Waals surface area contributed by atoms with E-state index in [1.165, 1.54) is 0 Å². The van der Waals surface area contributed by atoms with Crippen LogP contribution in [-0.2, 0) is 9.47 Å². The van der Waals surface area contributed by atoms with E-state index in [2.05, 4.69) is 9.97 Å². The standard InChI is InChI=1S/C12H20N2O4/c1-10-9-11(2)14-12(13-10)18-8-7-17-6-5-16-4-3-15/h9,15H,3-8H2,1-2H3. The molecular weight excluding hydrogens is 236 g/mol. The number of hydrogen-bond donors (Lipinski definition) is 1. The topological polar surface area (TPSA) is 73.7 Å². The van der Waals surface area contributed by atoms with Crippen LogP contribution in [-0.4, -0.2) is 54.7 Å². The van der Waals surface area contributed by atoms with E-state index in [0.29, 0.717) is 39.0 Å². The molecule has 1 heterocycles. The van der Waals surface area contributed by atoms with Crippen molar-refractivity contribution in [2.45, 2.75) is 13.8 Å². The number of aryl methyl sites for hydroxylation is 2. The number of nitrogens with zero attached hydrogens (tertiary/aromatic N) is 2. The highest BCUT2D eigenvalue weighted by Gasteiger charge is 2.00. The second-order valence-electron chi connectivity index (χ2n) is 3.73. The quantitative estimate of drug-likeness (QED) is 0.648. The molecule has 0 aliphatic rings. The zero-order valence-corrected chi connectivity index (χ0v) is 10.9. The van der Waals surface area contributed by atoms with Gasteiger partial charge < -0.3 is 19.3 Å². The van der Waals surface area contributed by atoms with Crippen LogP contribution in [0.3, 0.4) is 0 Å². The second kappa shape index (κ2) is 8.79. The molecule has 0 atom stereocenters. The van der Waals surface area contributed by atoms with Gasteiger partial charge in [-0.1, -0.05) is 0 Å². The summed E-state index contributed by atoms with van der Waals surface area (Å²) in [7, 11) is 0. The molecule has 0 fully saturated rings. The minimum absolute atomic E-state index is 0.0349. The van der Waals surface area contributed by atoms with Gasteiger partial charge in [-0.15, -0.1) is 0 Å². The van der Waals surface area contributed by atoms with Gasteiger partial charge in [0.25, 0.3) is 0 Å². The molecule has 0 saturated carbocycles. The summed E-state index contributed by atoms with van der Waals surface area (Å²) >= 11 is 0. The third-order valence-corrected chi connectivity index (χ3v) is 2.03. The van der Waals surface area contributed by atoms with E-state index in [9.17, 15) is 0 Å². The van der Waals surface area contributed by atoms with Crippen LogP contribution in [0.25, 0.3) is 0 Å². The molecule has 1 rings (SSSR count). The summed E-state index contributed by atoms with van der Waals surface area (Å²) in [5.74, 6) is 0. The lowest BCUT2D eigenvalue weighted by Gasteiger charge is -2.07. The van der Waals surface area contributed by atoms with E-state index in [1.54, 1.807) is 0 Å². The average molecular weight is 256 g/mol. The molecule has 0 radical (unpaired) electrons. The Morgan fingerprint density at radius 1 is 0.944 bits per heavy atom. The van der Waals surface area contributed by atoms with E-state index >= 15 is 0 Å².